The number of thiocarbonyl (C=S) groups is 1. The van der Waals surface area contributed by atoms with E-state index >= 15 is 0 Å². The molecule has 0 aliphatic carbocycles. The number of aromatic hydroxyl groups is 2. The molecule has 0 bridgehead atoms. The fourth-order valence-corrected chi connectivity index (χ4v) is 1.73. The van der Waals surface area contributed by atoms with E-state index in [4.69, 9.17) is 17.7 Å². The van der Waals surface area contributed by atoms with Gasteiger partial charge in [0, 0.05) is 23.5 Å². The molecule has 0 saturated heterocycles. The maximum Gasteiger partial charge on any atom is 0.217 e. The molecule has 17 heavy (non-hydrogen) atoms. The van der Waals surface area contributed by atoms with Gasteiger partial charge >= 0.3 is 0 Å². The summed E-state index contributed by atoms with van der Waals surface area (Å²) < 4.78 is 1.28. The van der Waals surface area contributed by atoms with Crippen molar-refractivity contribution < 1.29 is 10.2 Å². The lowest BCUT2D eigenvalue weighted by Crippen LogP contribution is -2.03. The van der Waals surface area contributed by atoms with Crippen LogP contribution >= 0.6 is 12.2 Å². The fraction of sp³-hybridized carbons (Fsp3) is 0.100. The molecule has 2 rings (SSSR count). The van der Waals surface area contributed by atoms with Gasteiger partial charge in [0.25, 0.3) is 0 Å². The van der Waals surface area contributed by atoms with Crippen molar-refractivity contribution in [3.05, 3.63) is 18.2 Å². The third-order valence-corrected chi connectivity index (χ3v) is 2.68. The Kier molecular flexibility index (Phi) is 2.68. The maximum atomic E-state index is 9.78. The number of rotatable bonds is 1. The first kappa shape index (κ1) is 11.3. The zero-order valence-corrected chi connectivity index (χ0v) is 9.75. The summed E-state index contributed by atoms with van der Waals surface area (Å²) in [6.45, 7) is 0. The van der Waals surface area contributed by atoms with Crippen molar-refractivity contribution >= 4 is 33.8 Å². The Morgan fingerprint density at radius 2 is 2.00 bits per heavy atom. The molecule has 1 heterocycles. The Labute approximate surface area is 102 Å². The predicted octanol–water partition coefficient (Wildman–Crippen LogP) is 2.32. The molecule has 0 radical (unpaired) electrons. The van der Waals surface area contributed by atoms with Gasteiger partial charge in [-0.05, 0) is 30.4 Å². The number of hydrogen-bond acceptors (Lipinski definition) is 4. The highest BCUT2D eigenvalue weighted by atomic mass is 32.1. The highest BCUT2D eigenvalue weighted by Gasteiger charge is 2.13. The summed E-state index contributed by atoms with van der Waals surface area (Å²) in [5.74, 6) is -0.0355. The third-order valence-electron chi connectivity index (χ3n) is 2.49. The molecular weight excluding hydrogens is 240 g/mol. The van der Waals surface area contributed by atoms with E-state index in [0.29, 0.717) is 16.5 Å². The van der Waals surface area contributed by atoms with E-state index in [1.54, 1.807) is 25.2 Å². The minimum absolute atomic E-state index is 0.00296. The topological polar surface area (TPSA) is 93.6 Å². The molecule has 2 aromatic rings. The van der Waals surface area contributed by atoms with Crippen LogP contribution in [-0.4, -0.2) is 19.9 Å². The minimum atomic E-state index is -0.0325. The van der Waals surface area contributed by atoms with Crippen LogP contribution in [0.25, 0.3) is 10.8 Å². The van der Waals surface area contributed by atoms with E-state index in [1.807, 2.05) is 0 Å². The lowest BCUT2D eigenvalue weighted by atomic mass is 10.2. The summed E-state index contributed by atoms with van der Waals surface area (Å²) >= 11 is 4.74. The summed E-state index contributed by atoms with van der Waals surface area (Å²) in [6.07, 6.45) is 0. The van der Waals surface area contributed by atoms with Gasteiger partial charge in [-0.15, -0.1) is 5.11 Å². The van der Waals surface area contributed by atoms with Crippen LogP contribution in [0.2, 0.25) is 0 Å². The lowest BCUT2D eigenvalue weighted by molar-refractivity contribution is 0.391. The molecule has 88 valence electrons. The first-order valence-corrected chi connectivity index (χ1v) is 5.14. The van der Waals surface area contributed by atoms with Crippen molar-refractivity contribution in [2.45, 2.75) is 0 Å². The molecule has 0 aliphatic rings. The van der Waals surface area contributed by atoms with Gasteiger partial charge in [0.15, 0.2) is 0 Å². The van der Waals surface area contributed by atoms with Crippen molar-refractivity contribution in [2.75, 3.05) is 5.32 Å². The van der Waals surface area contributed by atoms with Crippen LogP contribution in [0.4, 0.5) is 5.69 Å². The molecule has 0 atom stereocenters. The van der Waals surface area contributed by atoms with Crippen LogP contribution in [0.15, 0.2) is 23.3 Å². The quantitative estimate of drug-likeness (QED) is 0.461. The van der Waals surface area contributed by atoms with Gasteiger partial charge in [0.2, 0.25) is 16.9 Å². The van der Waals surface area contributed by atoms with E-state index in [2.05, 4.69) is 10.4 Å². The zero-order chi connectivity index (χ0) is 12.6. The Morgan fingerprint density at radius 1 is 1.35 bits per heavy atom. The Bertz CT molecular complexity index is 620. The van der Waals surface area contributed by atoms with Crippen LogP contribution in [0, 0.1) is 5.53 Å². The minimum Gasteiger partial charge on any atom is -0.494 e. The number of aromatic nitrogens is 1. The highest BCUT2D eigenvalue weighted by Crippen LogP contribution is 2.36. The van der Waals surface area contributed by atoms with Crippen molar-refractivity contribution in [3.63, 3.8) is 0 Å². The third kappa shape index (κ3) is 1.80. The van der Waals surface area contributed by atoms with Crippen LogP contribution in [-0.2, 0) is 7.05 Å². The monoisotopic (exact) mass is 250 g/mol. The van der Waals surface area contributed by atoms with Crippen molar-refractivity contribution in [1.29, 1.82) is 5.53 Å². The van der Waals surface area contributed by atoms with Crippen molar-refractivity contribution in [3.8, 4) is 11.8 Å². The lowest BCUT2D eigenvalue weighted by Gasteiger charge is -2.02. The number of fused-ring (bicyclic) bond motifs is 1. The smallest absolute Gasteiger partial charge is 0.217 e. The van der Waals surface area contributed by atoms with Gasteiger partial charge in [-0.3, -0.25) is 4.57 Å². The standard InChI is InChI=1S/C10H10N4O2S/c1-14-8(15)6-3-2-5(12-10(17)13-11)4-7(6)9(14)16/h2-4,11,15-16H,1H3,(H,12,17). The van der Waals surface area contributed by atoms with Gasteiger partial charge in [-0.1, -0.05) is 0 Å². The predicted molar refractivity (Wildman–Crippen MR) is 67.6 cm³/mol. The molecule has 0 spiro atoms. The van der Waals surface area contributed by atoms with Gasteiger partial charge in [-0.25, -0.2) is 5.53 Å². The van der Waals surface area contributed by atoms with Crippen LogP contribution in [0.1, 0.15) is 0 Å². The average molecular weight is 250 g/mol. The van der Waals surface area contributed by atoms with Crippen LogP contribution < -0.4 is 5.32 Å². The highest BCUT2D eigenvalue weighted by molar-refractivity contribution is 7.80. The first-order chi connectivity index (χ1) is 8.04. The average Bonchev–Trinajstić information content (AvgIpc) is 2.54. The molecule has 6 nitrogen and oxygen atoms in total. The molecule has 4 N–H and O–H groups in total. The van der Waals surface area contributed by atoms with Gasteiger partial charge in [-0.2, -0.15) is 0 Å². The number of anilines is 1. The van der Waals surface area contributed by atoms with Crippen LogP contribution in [0.5, 0.6) is 11.8 Å². The molecule has 0 fully saturated rings. The summed E-state index contributed by atoms with van der Waals surface area (Å²) in [6, 6.07) is 4.96. The Morgan fingerprint density at radius 3 is 2.65 bits per heavy atom. The molecular formula is C10H10N4O2S. The normalized spacial score (nSPS) is 10.4. The summed E-state index contributed by atoms with van der Waals surface area (Å²) in [7, 11) is 1.56. The number of nitrogens with one attached hydrogen (secondary N) is 2. The second kappa shape index (κ2) is 4.02. The molecule has 1 aromatic carbocycles. The van der Waals surface area contributed by atoms with Crippen LogP contribution in [0.3, 0.4) is 0 Å². The van der Waals surface area contributed by atoms with E-state index in [1.165, 1.54) is 4.57 Å². The zero-order valence-electron chi connectivity index (χ0n) is 8.93. The van der Waals surface area contributed by atoms with E-state index in [-0.39, 0.29) is 16.9 Å². The van der Waals surface area contributed by atoms with E-state index in [9.17, 15) is 10.2 Å². The molecule has 1 aromatic heterocycles. The SMILES string of the molecule is Cn1c(O)c2ccc(NC(=S)N=N)cc2c1O. The number of benzene rings is 1. The molecule has 0 saturated carbocycles. The van der Waals surface area contributed by atoms with Gasteiger partial charge < -0.3 is 15.5 Å². The molecule has 0 aliphatic heterocycles. The number of hydrogen-bond donors (Lipinski definition) is 4. The van der Waals surface area contributed by atoms with Gasteiger partial charge in [0.1, 0.15) is 0 Å². The Balaban J connectivity index is 2.54. The van der Waals surface area contributed by atoms with E-state index in [0.717, 1.165) is 0 Å². The maximum absolute atomic E-state index is 9.78. The van der Waals surface area contributed by atoms with E-state index < -0.39 is 0 Å². The second-order valence-corrected chi connectivity index (χ2v) is 3.90. The first-order valence-electron chi connectivity index (χ1n) is 4.73. The molecule has 0 unspecified atom stereocenters. The fourth-order valence-electron chi connectivity index (χ4n) is 1.62. The molecule has 0 amide bonds. The summed E-state index contributed by atoms with van der Waals surface area (Å²) in [5.41, 5.74) is 7.33. The molecule has 7 heteroatoms. The van der Waals surface area contributed by atoms with Crippen molar-refractivity contribution in [2.24, 2.45) is 12.2 Å². The largest absolute Gasteiger partial charge is 0.494 e. The summed E-state index contributed by atoms with van der Waals surface area (Å²) in [4.78, 5) is 0. The second-order valence-electron chi connectivity index (χ2n) is 3.51. The van der Waals surface area contributed by atoms with Gasteiger partial charge in [0.05, 0.1) is 0 Å². The number of nitrogens with zero attached hydrogens (tertiary/aromatic N) is 2. The van der Waals surface area contributed by atoms with Crippen molar-refractivity contribution in [1.82, 2.24) is 4.57 Å². The Hall–Kier alpha value is -2.15. The summed E-state index contributed by atoms with van der Waals surface area (Å²) in [5, 5.41) is 26.3.